The maximum Gasteiger partial charge on any atom is 0.165 e. The van der Waals surface area contributed by atoms with Crippen molar-refractivity contribution < 1.29 is 13.9 Å². The smallest absolute Gasteiger partial charge is 0.165 e. The van der Waals surface area contributed by atoms with Gasteiger partial charge >= 0.3 is 0 Å². The molecular weight excluding hydrogens is 207 g/mol. The van der Waals surface area contributed by atoms with Crippen LogP contribution in [-0.4, -0.2) is 19.8 Å². The van der Waals surface area contributed by atoms with E-state index in [1.54, 1.807) is 12.1 Å². The first kappa shape index (κ1) is 13.0. The summed E-state index contributed by atoms with van der Waals surface area (Å²) in [6.45, 7) is 7.65. The molecule has 0 bridgehead atoms. The zero-order valence-electron chi connectivity index (χ0n) is 10.1. The Morgan fingerprint density at radius 1 is 1.25 bits per heavy atom. The van der Waals surface area contributed by atoms with Gasteiger partial charge in [0, 0.05) is 6.61 Å². The summed E-state index contributed by atoms with van der Waals surface area (Å²) < 4.78 is 23.9. The van der Waals surface area contributed by atoms with Gasteiger partial charge in [0.05, 0.1) is 6.61 Å². The molecule has 0 atom stereocenters. The highest BCUT2D eigenvalue weighted by molar-refractivity contribution is 5.29. The lowest BCUT2D eigenvalue weighted by atomic mass is 10.2. The molecule has 0 aliphatic rings. The second-order valence-corrected chi connectivity index (χ2v) is 4.25. The van der Waals surface area contributed by atoms with Crippen LogP contribution in [0.15, 0.2) is 18.2 Å². The second kappa shape index (κ2) is 6.48. The topological polar surface area (TPSA) is 18.5 Å². The average Bonchev–Trinajstić information content (AvgIpc) is 2.22. The number of hydrogen-bond acceptors (Lipinski definition) is 2. The molecule has 1 aromatic rings. The van der Waals surface area contributed by atoms with Crippen LogP contribution in [-0.2, 0) is 4.74 Å². The first-order valence-corrected chi connectivity index (χ1v) is 5.56. The van der Waals surface area contributed by atoms with E-state index in [1.165, 1.54) is 6.07 Å². The van der Waals surface area contributed by atoms with Crippen molar-refractivity contribution in [2.45, 2.75) is 20.8 Å². The summed E-state index contributed by atoms with van der Waals surface area (Å²) in [7, 11) is 0. The van der Waals surface area contributed by atoms with Crippen LogP contribution in [0, 0.1) is 18.7 Å². The average molecular weight is 226 g/mol. The predicted octanol–water partition coefficient (Wildman–Crippen LogP) is 3.19. The van der Waals surface area contributed by atoms with E-state index < -0.39 is 0 Å². The molecule has 0 fully saturated rings. The number of hydrogen-bond donors (Lipinski definition) is 0. The van der Waals surface area contributed by atoms with E-state index in [4.69, 9.17) is 9.47 Å². The van der Waals surface area contributed by atoms with Crippen molar-refractivity contribution in [2.24, 2.45) is 5.92 Å². The summed E-state index contributed by atoms with van der Waals surface area (Å²) in [6, 6.07) is 4.83. The molecule has 0 aliphatic heterocycles. The van der Waals surface area contributed by atoms with E-state index in [-0.39, 0.29) is 5.82 Å². The minimum Gasteiger partial charge on any atom is -0.488 e. The largest absolute Gasteiger partial charge is 0.488 e. The Balaban J connectivity index is 2.29. The Hall–Kier alpha value is -1.09. The van der Waals surface area contributed by atoms with E-state index in [0.717, 1.165) is 5.56 Å². The Labute approximate surface area is 96.4 Å². The minimum atomic E-state index is -0.325. The number of aryl methyl sites for hydroxylation is 1. The SMILES string of the molecule is Cc1ccc(F)c(OCCOCC(C)C)c1. The fourth-order valence-corrected chi connectivity index (χ4v) is 1.25. The summed E-state index contributed by atoms with van der Waals surface area (Å²) >= 11 is 0. The van der Waals surface area contributed by atoms with Crippen LogP contribution in [0.2, 0.25) is 0 Å². The monoisotopic (exact) mass is 226 g/mol. The number of benzene rings is 1. The van der Waals surface area contributed by atoms with Crippen LogP contribution in [0.5, 0.6) is 5.75 Å². The maximum absolute atomic E-state index is 13.2. The Morgan fingerprint density at radius 3 is 2.69 bits per heavy atom. The molecule has 0 N–H and O–H groups in total. The minimum absolute atomic E-state index is 0.299. The van der Waals surface area contributed by atoms with Gasteiger partial charge in [0.15, 0.2) is 11.6 Å². The molecule has 1 aromatic carbocycles. The molecule has 0 saturated carbocycles. The molecule has 0 saturated heterocycles. The first-order valence-electron chi connectivity index (χ1n) is 5.56. The highest BCUT2D eigenvalue weighted by atomic mass is 19.1. The van der Waals surface area contributed by atoms with Crippen molar-refractivity contribution >= 4 is 0 Å². The van der Waals surface area contributed by atoms with E-state index >= 15 is 0 Å². The third-order valence-electron chi connectivity index (χ3n) is 2.02. The standard InChI is InChI=1S/C13H19FO2/c1-10(2)9-15-6-7-16-13-8-11(3)4-5-12(13)14/h4-5,8,10H,6-7,9H2,1-3H3. The molecule has 0 aliphatic carbocycles. The Kier molecular flexibility index (Phi) is 5.26. The van der Waals surface area contributed by atoms with Crippen molar-refractivity contribution in [3.05, 3.63) is 29.6 Å². The zero-order valence-corrected chi connectivity index (χ0v) is 10.1. The number of ether oxygens (including phenoxy) is 2. The van der Waals surface area contributed by atoms with Crippen LogP contribution in [0.4, 0.5) is 4.39 Å². The molecule has 0 amide bonds. The van der Waals surface area contributed by atoms with Crippen molar-refractivity contribution in [1.82, 2.24) is 0 Å². The molecule has 2 nitrogen and oxygen atoms in total. The van der Waals surface area contributed by atoms with Crippen molar-refractivity contribution in [3.8, 4) is 5.75 Å². The third kappa shape index (κ3) is 4.62. The molecule has 0 aromatic heterocycles. The highest BCUT2D eigenvalue weighted by Crippen LogP contribution is 2.17. The molecular formula is C13H19FO2. The van der Waals surface area contributed by atoms with Crippen molar-refractivity contribution in [1.29, 1.82) is 0 Å². The number of rotatable bonds is 6. The zero-order chi connectivity index (χ0) is 12.0. The van der Waals surface area contributed by atoms with Gasteiger partial charge in [-0.05, 0) is 30.5 Å². The normalized spacial score (nSPS) is 10.8. The lowest BCUT2D eigenvalue weighted by molar-refractivity contribution is 0.0807. The van der Waals surface area contributed by atoms with E-state index in [1.807, 2.05) is 6.92 Å². The molecule has 0 radical (unpaired) electrons. The first-order chi connectivity index (χ1) is 7.59. The summed E-state index contributed by atoms with van der Waals surface area (Å²) in [5, 5.41) is 0. The summed E-state index contributed by atoms with van der Waals surface area (Å²) in [4.78, 5) is 0. The van der Waals surface area contributed by atoms with Crippen LogP contribution in [0.25, 0.3) is 0 Å². The molecule has 0 spiro atoms. The van der Waals surface area contributed by atoms with Gasteiger partial charge in [-0.3, -0.25) is 0 Å². The summed E-state index contributed by atoms with van der Waals surface area (Å²) in [5.41, 5.74) is 0.986. The van der Waals surface area contributed by atoms with Gasteiger partial charge in [-0.1, -0.05) is 19.9 Å². The van der Waals surface area contributed by atoms with Crippen LogP contribution in [0.3, 0.4) is 0 Å². The Morgan fingerprint density at radius 2 is 2.00 bits per heavy atom. The summed E-state index contributed by atoms with van der Waals surface area (Å²) in [6.07, 6.45) is 0. The highest BCUT2D eigenvalue weighted by Gasteiger charge is 2.02. The molecule has 16 heavy (non-hydrogen) atoms. The van der Waals surface area contributed by atoms with Gasteiger partial charge in [0.1, 0.15) is 6.61 Å². The third-order valence-corrected chi connectivity index (χ3v) is 2.02. The lowest BCUT2D eigenvalue weighted by Crippen LogP contribution is -2.10. The Bertz CT molecular complexity index is 324. The number of halogens is 1. The lowest BCUT2D eigenvalue weighted by Gasteiger charge is -2.09. The van der Waals surface area contributed by atoms with Gasteiger partial charge in [-0.25, -0.2) is 4.39 Å². The predicted molar refractivity (Wildman–Crippen MR) is 62.3 cm³/mol. The second-order valence-electron chi connectivity index (χ2n) is 4.25. The van der Waals surface area contributed by atoms with E-state index in [0.29, 0.717) is 31.5 Å². The molecule has 3 heteroatoms. The van der Waals surface area contributed by atoms with Gasteiger partial charge in [0.2, 0.25) is 0 Å². The van der Waals surface area contributed by atoms with Gasteiger partial charge < -0.3 is 9.47 Å². The fraction of sp³-hybridized carbons (Fsp3) is 0.538. The van der Waals surface area contributed by atoms with Crippen molar-refractivity contribution in [2.75, 3.05) is 19.8 Å². The molecule has 0 heterocycles. The fourth-order valence-electron chi connectivity index (χ4n) is 1.25. The van der Waals surface area contributed by atoms with E-state index in [9.17, 15) is 4.39 Å². The molecule has 0 unspecified atom stereocenters. The van der Waals surface area contributed by atoms with Gasteiger partial charge in [-0.2, -0.15) is 0 Å². The van der Waals surface area contributed by atoms with E-state index in [2.05, 4.69) is 13.8 Å². The van der Waals surface area contributed by atoms with Crippen LogP contribution >= 0.6 is 0 Å². The maximum atomic E-state index is 13.2. The summed E-state index contributed by atoms with van der Waals surface area (Å²) in [5.74, 6) is 0.485. The molecule has 90 valence electrons. The van der Waals surface area contributed by atoms with Crippen LogP contribution < -0.4 is 4.74 Å². The van der Waals surface area contributed by atoms with Gasteiger partial charge in [-0.15, -0.1) is 0 Å². The van der Waals surface area contributed by atoms with Crippen LogP contribution in [0.1, 0.15) is 19.4 Å². The quantitative estimate of drug-likeness (QED) is 0.693. The van der Waals surface area contributed by atoms with Crippen molar-refractivity contribution in [3.63, 3.8) is 0 Å². The molecule has 1 rings (SSSR count). The van der Waals surface area contributed by atoms with Gasteiger partial charge in [0.25, 0.3) is 0 Å².